The van der Waals surface area contributed by atoms with Crippen LogP contribution in [0.4, 0.5) is 5.82 Å². The van der Waals surface area contributed by atoms with E-state index in [1.807, 2.05) is 6.92 Å². The van der Waals surface area contributed by atoms with Gasteiger partial charge in [0.05, 0.1) is 6.54 Å². The van der Waals surface area contributed by atoms with Crippen molar-refractivity contribution in [1.82, 2.24) is 19.3 Å². The molecule has 6 heteroatoms. The summed E-state index contributed by atoms with van der Waals surface area (Å²) in [5, 5.41) is 4.04. The third-order valence-electron chi connectivity index (χ3n) is 2.22. The van der Waals surface area contributed by atoms with Crippen molar-refractivity contribution in [2.24, 2.45) is 0 Å². The van der Waals surface area contributed by atoms with Crippen LogP contribution in [0.3, 0.4) is 0 Å². The number of aromatic nitrogens is 4. The fraction of sp³-hybridized carbons (Fsp3) is 0.300. The Morgan fingerprint density at radius 1 is 1.44 bits per heavy atom. The van der Waals surface area contributed by atoms with E-state index >= 15 is 0 Å². The molecule has 0 aliphatic rings. The van der Waals surface area contributed by atoms with E-state index in [2.05, 4.69) is 10.1 Å². The van der Waals surface area contributed by atoms with E-state index < -0.39 is 0 Å². The first-order valence-corrected chi connectivity index (χ1v) is 4.97. The fourth-order valence-corrected chi connectivity index (χ4v) is 1.44. The molecule has 0 radical (unpaired) electrons. The van der Waals surface area contributed by atoms with E-state index in [1.54, 1.807) is 33.9 Å². The smallest absolute Gasteiger partial charge is 0.347 e. The summed E-state index contributed by atoms with van der Waals surface area (Å²) in [4.78, 5) is 15.1. The van der Waals surface area contributed by atoms with Crippen molar-refractivity contribution in [1.29, 1.82) is 0 Å². The maximum absolute atomic E-state index is 11.4. The van der Waals surface area contributed by atoms with E-state index in [0.29, 0.717) is 18.9 Å². The molecule has 2 rings (SSSR count). The highest BCUT2D eigenvalue weighted by Gasteiger charge is 1.99. The molecule has 0 saturated heterocycles. The quantitative estimate of drug-likeness (QED) is 0.790. The molecule has 2 heterocycles. The highest BCUT2D eigenvalue weighted by molar-refractivity contribution is 5.23. The van der Waals surface area contributed by atoms with Crippen LogP contribution < -0.4 is 11.4 Å². The first kappa shape index (κ1) is 10.4. The molecule has 84 valence electrons. The van der Waals surface area contributed by atoms with Gasteiger partial charge in [0.25, 0.3) is 0 Å². The lowest BCUT2D eigenvalue weighted by Gasteiger charge is -2.05. The van der Waals surface area contributed by atoms with Crippen LogP contribution in [0.2, 0.25) is 0 Å². The summed E-state index contributed by atoms with van der Waals surface area (Å²) >= 11 is 0. The van der Waals surface area contributed by atoms with Crippen molar-refractivity contribution in [3.05, 3.63) is 40.7 Å². The second kappa shape index (κ2) is 4.18. The summed E-state index contributed by atoms with van der Waals surface area (Å²) in [6, 6.07) is 1.72. The third-order valence-corrected chi connectivity index (χ3v) is 2.22. The van der Waals surface area contributed by atoms with Crippen molar-refractivity contribution < 1.29 is 0 Å². The molecule has 0 bridgehead atoms. The highest BCUT2D eigenvalue weighted by atomic mass is 16.1. The molecule has 0 aromatic carbocycles. The molecule has 16 heavy (non-hydrogen) atoms. The molecule has 0 unspecified atom stereocenters. The zero-order chi connectivity index (χ0) is 11.5. The Labute approximate surface area is 92.3 Å². The summed E-state index contributed by atoms with van der Waals surface area (Å²) in [6.45, 7) is 3.03. The predicted molar refractivity (Wildman–Crippen MR) is 59.9 cm³/mol. The van der Waals surface area contributed by atoms with Gasteiger partial charge in [-0.3, -0.25) is 9.25 Å². The van der Waals surface area contributed by atoms with Gasteiger partial charge >= 0.3 is 5.69 Å². The molecule has 0 aliphatic heterocycles. The highest BCUT2D eigenvalue weighted by Crippen LogP contribution is 1.96. The van der Waals surface area contributed by atoms with Gasteiger partial charge in [0.15, 0.2) is 0 Å². The zero-order valence-electron chi connectivity index (χ0n) is 9.00. The van der Waals surface area contributed by atoms with E-state index in [1.165, 1.54) is 0 Å². The van der Waals surface area contributed by atoms with E-state index in [-0.39, 0.29) is 5.69 Å². The number of aryl methyl sites for hydroxylation is 3. The average molecular weight is 219 g/mol. The lowest BCUT2D eigenvalue weighted by atomic mass is 10.4. The molecule has 0 spiro atoms. The minimum Gasteiger partial charge on any atom is -0.382 e. The fourth-order valence-electron chi connectivity index (χ4n) is 1.44. The molecule has 2 aromatic rings. The van der Waals surface area contributed by atoms with Crippen LogP contribution >= 0.6 is 0 Å². The molecule has 2 N–H and O–H groups in total. The molecular formula is C10H13N5O. The molecule has 2 aromatic heterocycles. The Morgan fingerprint density at radius 2 is 2.25 bits per heavy atom. The molecule has 0 atom stereocenters. The van der Waals surface area contributed by atoms with Gasteiger partial charge in [-0.1, -0.05) is 0 Å². The first-order valence-electron chi connectivity index (χ1n) is 4.97. The third kappa shape index (κ3) is 2.28. The summed E-state index contributed by atoms with van der Waals surface area (Å²) in [7, 11) is 0. The summed E-state index contributed by atoms with van der Waals surface area (Å²) in [5.41, 5.74) is 6.20. The lowest BCUT2D eigenvalue weighted by molar-refractivity contribution is 0.517. The predicted octanol–water partition coefficient (Wildman–Crippen LogP) is 0.0306. The number of nitrogens with two attached hydrogens (primary N) is 1. The Hall–Kier alpha value is -2.11. The van der Waals surface area contributed by atoms with Gasteiger partial charge in [0.1, 0.15) is 5.82 Å². The van der Waals surface area contributed by atoms with Crippen molar-refractivity contribution in [3.8, 4) is 0 Å². The topological polar surface area (TPSA) is 78.7 Å². The van der Waals surface area contributed by atoms with Crippen molar-refractivity contribution in [2.45, 2.75) is 20.0 Å². The van der Waals surface area contributed by atoms with Gasteiger partial charge in [-0.2, -0.15) is 5.10 Å². The maximum Gasteiger partial charge on any atom is 0.347 e. The number of rotatable bonds is 3. The SMILES string of the molecule is Cc1cnc(=O)n(CCn2ccc(N)n2)c1. The Kier molecular flexibility index (Phi) is 2.72. The minimum atomic E-state index is -0.245. The monoisotopic (exact) mass is 219 g/mol. The van der Waals surface area contributed by atoms with E-state index in [4.69, 9.17) is 5.73 Å². The molecule has 0 aliphatic carbocycles. The number of nitrogen functional groups attached to an aromatic ring is 1. The van der Waals surface area contributed by atoms with Crippen LogP contribution in [0.1, 0.15) is 5.56 Å². The summed E-state index contributed by atoms with van der Waals surface area (Å²) in [5.74, 6) is 0.481. The van der Waals surface area contributed by atoms with E-state index in [0.717, 1.165) is 5.56 Å². The first-order chi connectivity index (χ1) is 7.65. The minimum absolute atomic E-state index is 0.245. The van der Waals surface area contributed by atoms with Crippen molar-refractivity contribution in [2.75, 3.05) is 5.73 Å². The van der Waals surface area contributed by atoms with Crippen LogP contribution in [0, 0.1) is 6.92 Å². The lowest BCUT2D eigenvalue weighted by Crippen LogP contribution is -2.24. The zero-order valence-corrected chi connectivity index (χ0v) is 9.00. The molecule has 0 fully saturated rings. The normalized spacial score (nSPS) is 10.6. The van der Waals surface area contributed by atoms with E-state index in [9.17, 15) is 4.79 Å². The largest absolute Gasteiger partial charge is 0.382 e. The molecule has 0 amide bonds. The van der Waals surface area contributed by atoms with Crippen LogP contribution in [-0.2, 0) is 13.1 Å². The van der Waals surface area contributed by atoms with Gasteiger partial charge in [-0.25, -0.2) is 9.78 Å². The summed E-state index contributed by atoms with van der Waals surface area (Å²) < 4.78 is 3.26. The second-order valence-corrected chi connectivity index (χ2v) is 3.61. The number of hydrogen-bond acceptors (Lipinski definition) is 4. The van der Waals surface area contributed by atoms with Gasteiger partial charge in [0, 0.05) is 25.1 Å². The average Bonchev–Trinajstić information content (AvgIpc) is 2.66. The van der Waals surface area contributed by atoms with Gasteiger partial charge in [0.2, 0.25) is 0 Å². The Morgan fingerprint density at radius 3 is 2.94 bits per heavy atom. The number of hydrogen-bond donors (Lipinski definition) is 1. The summed E-state index contributed by atoms with van der Waals surface area (Å²) in [6.07, 6.45) is 5.12. The van der Waals surface area contributed by atoms with Crippen LogP contribution in [-0.4, -0.2) is 19.3 Å². The Balaban J connectivity index is 2.10. The number of anilines is 1. The van der Waals surface area contributed by atoms with Gasteiger partial charge in [-0.15, -0.1) is 0 Å². The molecular weight excluding hydrogens is 206 g/mol. The van der Waals surface area contributed by atoms with Gasteiger partial charge in [-0.05, 0) is 18.6 Å². The van der Waals surface area contributed by atoms with Crippen molar-refractivity contribution >= 4 is 5.82 Å². The van der Waals surface area contributed by atoms with Crippen LogP contribution in [0.15, 0.2) is 29.5 Å². The molecule has 6 nitrogen and oxygen atoms in total. The molecule has 0 saturated carbocycles. The maximum atomic E-state index is 11.4. The van der Waals surface area contributed by atoms with Crippen LogP contribution in [0.25, 0.3) is 0 Å². The standard InChI is InChI=1S/C10H13N5O/c1-8-6-12-10(16)14(7-8)4-5-15-3-2-9(11)13-15/h2-3,6-7H,4-5H2,1H3,(H2,11,13). The van der Waals surface area contributed by atoms with Crippen LogP contribution in [0.5, 0.6) is 0 Å². The van der Waals surface area contributed by atoms with Gasteiger partial charge < -0.3 is 5.73 Å². The second-order valence-electron chi connectivity index (χ2n) is 3.61. The van der Waals surface area contributed by atoms with Crippen molar-refractivity contribution in [3.63, 3.8) is 0 Å². The Bertz CT molecular complexity index is 542. The number of nitrogens with zero attached hydrogens (tertiary/aromatic N) is 4.